The molecule has 4 N–H and O–H groups in total. The highest BCUT2D eigenvalue weighted by atomic mass is 32.2. The van der Waals surface area contributed by atoms with Gasteiger partial charge in [-0.3, -0.25) is 33.6 Å². The van der Waals surface area contributed by atoms with E-state index in [4.69, 9.17) is 0 Å². The molecule has 0 saturated heterocycles. The minimum Gasteiger partial charge on any atom is -0.357 e. The van der Waals surface area contributed by atoms with Gasteiger partial charge in [0.05, 0.1) is 6.54 Å². The Labute approximate surface area is 352 Å². The molecular formula is C45H60N6O7S. The highest BCUT2D eigenvalue weighted by molar-refractivity contribution is 8.12. The minimum atomic E-state index is -1.21. The van der Waals surface area contributed by atoms with Crippen LogP contribution in [0.25, 0.3) is 0 Å². The number of carbonyl (C=O) groups excluding carboxylic acids is 7. The van der Waals surface area contributed by atoms with E-state index in [-0.39, 0.29) is 42.7 Å². The standard InChI is InChI=1S/C45H60N6O7S/c1-30(2)25-37(50(6)39(53)28-47-38(52)24-23-32-17-11-8-12-18-32)45(58)51(7)41(31(3)4)44(57)49-35(26-33-19-13-9-14-20-33)43(56)48-36(42(55)46-5)27-40(54)59-29-34-21-15-10-16-22-34/h8-22,30-31,35-37,41H,23-29H2,1-7H3,(H,46,55)(H,47,52)(H,48,56)(H,49,57)/t35-,36-,37-,41-/m0/s1. The lowest BCUT2D eigenvalue weighted by Crippen LogP contribution is -2.60. The third-order valence-corrected chi connectivity index (χ3v) is 10.8. The summed E-state index contributed by atoms with van der Waals surface area (Å²) in [6.07, 6.45) is 0.794. The van der Waals surface area contributed by atoms with Crippen molar-refractivity contribution in [2.45, 2.75) is 89.7 Å². The molecule has 3 aromatic carbocycles. The van der Waals surface area contributed by atoms with Gasteiger partial charge in [0, 0.05) is 46.2 Å². The van der Waals surface area contributed by atoms with E-state index in [0.717, 1.165) is 28.5 Å². The zero-order valence-corrected chi connectivity index (χ0v) is 36.1. The smallest absolute Gasteiger partial charge is 0.245 e. The Morgan fingerprint density at radius 1 is 0.661 bits per heavy atom. The fourth-order valence-electron chi connectivity index (χ4n) is 6.57. The van der Waals surface area contributed by atoms with Crippen molar-refractivity contribution in [2.75, 3.05) is 27.7 Å². The van der Waals surface area contributed by atoms with Gasteiger partial charge in [-0.25, -0.2) is 0 Å². The molecule has 3 aromatic rings. The summed E-state index contributed by atoms with van der Waals surface area (Å²) in [4.78, 5) is 97.1. The molecule has 14 heteroatoms. The quantitative estimate of drug-likeness (QED) is 0.118. The van der Waals surface area contributed by atoms with E-state index in [0.29, 0.717) is 18.6 Å². The lowest BCUT2D eigenvalue weighted by Gasteiger charge is -2.37. The number of carbonyl (C=O) groups is 7. The number of nitrogens with one attached hydrogen (secondary N) is 4. The number of hydrogen-bond donors (Lipinski definition) is 4. The molecule has 0 aliphatic rings. The number of aryl methyl sites for hydroxylation is 1. The molecule has 0 radical (unpaired) electrons. The van der Waals surface area contributed by atoms with Gasteiger partial charge in [-0.15, -0.1) is 0 Å². The Hall–Kier alpha value is -5.50. The van der Waals surface area contributed by atoms with Gasteiger partial charge in [0.2, 0.25) is 35.4 Å². The van der Waals surface area contributed by atoms with Crippen molar-refractivity contribution in [1.29, 1.82) is 0 Å². The third kappa shape index (κ3) is 16.0. The molecule has 0 bridgehead atoms. The van der Waals surface area contributed by atoms with E-state index in [9.17, 15) is 33.6 Å². The van der Waals surface area contributed by atoms with Crippen LogP contribution in [0.3, 0.4) is 0 Å². The summed E-state index contributed by atoms with van der Waals surface area (Å²) >= 11 is 1.04. The topological polar surface area (TPSA) is 174 Å². The van der Waals surface area contributed by atoms with Gasteiger partial charge in [-0.2, -0.15) is 0 Å². The second-order valence-corrected chi connectivity index (χ2v) is 16.4. The summed E-state index contributed by atoms with van der Waals surface area (Å²) in [5.74, 6) is -3.11. The van der Waals surface area contributed by atoms with Crippen LogP contribution in [0.4, 0.5) is 0 Å². The second-order valence-electron chi connectivity index (χ2n) is 15.3. The maximum absolute atomic E-state index is 14.3. The van der Waals surface area contributed by atoms with Gasteiger partial charge in [-0.05, 0) is 41.4 Å². The van der Waals surface area contributed by atoms with Crippen LogP contribution in [0, 0.1) is 11.8 Å². The van der Waals surface area contributed by atoms with Gasteiger partial charge >= 0.3 is 0 Å². The van der Waals surface area contributed by atoms with Crippen molar-refractivity contribution < 1.29 is 33.6 Å². The van der Waals surface area contributed by atoms with Crippen LogP contribution in [-0.2, 0) is 52.2 Å². The number of nitrogens with zero attached hydrogens (tertiary/aromatic N) is 2. The summed E-state index contributed by atoms with van der Waals surface area (Å²) in [7, 11) is 4.42. The molecule has 318 valence electrons. The largest absolute Gasteiger partial charge is 0.357 e. The van der Waals surface area contributed by atoms with Crippen molar-refractivity contribution in [3.8, 4) is 0 Å². The molecule has 0 aliphatic carbocycles. The highest BCUT2D eigenvalue weighted by Gasteiger charge is 2.38. The number of benzene rings is 3. The minimum absolute atomic E-state index is 0.00442. The number of thioether (sulfide) groups is 1. The van der Waals surface area contributed by atoms with E-state index >= 15 is 0 Å². The Bertz CT molecular complexity index is 1840. The molecule has 0 fully saturated rings. The Balaban J connectivity index is 1.76. The third-order valence-electron chi connectivity index (χ3n) is 9.83. The highest BCUT2D eigenvalue weighted by Crippen LogP contribution is 2.19. The Morgan fingerprint density at radius 3 is 1.75 bits per heavy atom. The second kappa shape index (κ2) is 24.4. The van der Waals surface area contributed by atoms with E-state index in [1.54, 1.807) is 38.1 Å². The van der Waals surface area contributed by atoms with Gasteiger partial charge in [0.25, 0.3) is 0 Å². The van der Waals surface area contributed by atoms with Crippen LogP contribution in [0.5, 0.6) is 0 Å². The maximum Gasteiger partial charge on any atom is 0.245 e. The summed E-state index contributed by atoms with van der Waals surface area (Å²) in [6, 6.07) is 23.6. The van der Waals surface area contributed by atoms with Gasteiger partial charge in [-0.1, -0.05) is 130 Å². The Morgan fingerprint density at radius 2 is 1.20 bits per heavy atom. The van der Waals surface area contributed by atoms with Crippen LogP contribution in [0.2, 0.25) is 0 Å². The molecule has 13 nitrogen and oxygen atoms in total. The zero-order chi connectivity index (χ0) is 43.5. The van der Waals surface area contributed by atoms with Gasteiger partial charge in [0.1, 0.15) is 24.2 Å². The zero-order valence-electron chi connectivity index (χ0n) is 35.2. The molecule has 0 heterocycles. The molecule has 3 rings (SSSR count). The van der Waals surface area contributed by atoms with Gasteiger partial charge in [0.15, 0.2) is 5.12 Å². The van der Waals surface area contributed by atoms with E-state index in [2.05, 4.69) is 21.3 Å². The summed E-state index contributed by atoms with van der Waals surface area (Å²) in [5.41, 5.74) is 2.67. The summed E-state index contributed by atoms with van der Waals surface area (Å²) < 4.78 is 0. The molecule has 4 atom stereocenters. The molecule has 59 heavy (non-hydrogen) atoms. The normalized spacial score (nSPS) is 13.0. The van der Waals surface area contributed by atoms with Crippen molar-refractivity contribution in [3.05, 3.63) is 108 Å². The lowest BCUT2D eigenvalue weighted by molar-refractivity contribution is -0.149. The van der Waals surface area contributed by atoms with Crippen LogP contribution < -0.4 is 21.3 Å². The number of amides is 6. The van der Waals surface area contributed by atoms with E-state index < -0.39 is 59.6 Å². The summed E-state index contributed by atoms with van der Waals surface area (Å²) in [5, 5.41) is 10.4. The Kier molecular flexibility index (Phi) is 19.8. The molecule has 0 saturated carbocycles. The molecule has 0 spiro atoms. The van der Waals surface area contributed by atoms with Crippen LogP contribution in [0.1, 0.15) is 63.6 Å². The molecule has 6 amide bonds. The predicted octanol–water partition coefficient (Wildman–Crippen LogP) is 3.90. The van der Waals surface area contributed by atoms with E-state index in [1.807, 2.05) is 80.6 Å². The van der Waals surface area contributed by atoms with Crippen LogP contribution in [0.15, 0.2) is 91.0 Å². The first-order valence-corrected chi connectivity index (χ1v) is 21.0. The molecule has 0 aromatic heterocycles. The first kappa shape index (κ1) is 47.9. The number of rotatable bonds is 22. The first-order valence-electron chi connectivity index (χ1n) is 20.0. The summed E-state index contributed by atoms with van der Waals surface area (Å²) in [6.45, 7) is 7.10. The van der Waals surface area contributed by atoms with Crippen LogP contribution >= 0.6 is 11.8 Å². The SMILES string of the molecule is CNC(=O)[C@H](CC(=O)SCc1ccccc1)NC(=O)[C@H](Cc1ccccc1)NC(=O)[C@H](C(C)C)N(C)C(=O)[C@H](CC(C)C)N(C)C(=O)CNC(=O)CCc1ccccc1. The number of hydrogen-bond acceptors (Lipinski definition) is 8. The van der Waals surface area contributed by atoms with Crippen molar-refractivity contribution in [3.63, 3.8) is 0 Å². The van der Waals surface area contributed by atoms with E-state index in [1.165, 1.54) is 30.9 Å². The van der Waals surface area contributed by atoms with Crippen LogP contribution in [-0.4, -0.2) is 102 Å². The fraction of sp³-hybridized carbons (Fsp3) is 0.444. The lowest BCUT2D eigenvalue weighted by atomic mass is 9.96. The molecule has 0 aliphatic heterocycles. The maximum atomic E-state index is 14.3. The predicted molar refractivity (Wildman–Crippen MR) is 231 cm³/mol. The van der Waals surface area contributed by atoms with Gasteiger partial charge < -0.3 is 31.1 Å². The fourth-order valence-corrected chi connectivity index (χ4v) is 7.37. The van der Waals surface area contributed by atoms with Crippen molar-refractivity contribution in [2.24, 2.45) is 11.8 Å². The first-order chi connectivity index (χ1) is 28.1. The molecule has 0 unspecified atom stereocenters. The number of likely N-dealkylation sites (N-methyl/N-ethyl adjacent to an activating group) is 3. The molecular weight excluding hydrogens is 769 g/mol. The van der Waals surface area contributed by atoms with Crippen molar-refractivity contribution in [1.82, 2.24) is 31.1 Å². The average Bonchev–Trinajstić information content (AvgIpc) is 3.22. The van der Waals surface area contributed by atoms with Crippen molar-refractivity contribution >= 4 is 52.3 Å². The monoisotopic (exact) mass is 828 g/mol. The average molecular weight is 829 g/mol.